The molecule has 0 radical (unpaired) electrons. The van der Waals surface area contributed by atoms with Crippen LogP contribution < -0.4 is 14.8 Å². The van der Waals surface area contributed by atoms with Crippen LogP contribution in [-0.2, 0) is 11.2 Å². The van der Waals surface area contributed by atoms with Gasteiger partial charge in [-0.2, -0.15) is 0 Å². The number of aromatic nitrogens is 3. The number of ether oxygens (including phenoxy) is 2. The lowest BCUT2D eigenvalue weighted by atomic mass is 10.1. The van der Waals surface area contributed by atoms with E-state index in [1.54, 1.807) is 36.5 Å². The maximum atomic E-state index is 12.3. The first kappa shape index (κ1) is 22.8. The minimum absolute atomic E-state index is 0.0311. The van der Waals surface area contributed by atoms with Crippen molar-refractivity contribution in [2.45, 2.75) is 19.7 Å². The predicted octanol–water partition coefficient (Wildman–Crippen LogP) is 4.96. The quantitative estimate of drug-likeness (QED) is 0.428. The zero-order valence-corrected chi connectivity index (χ0v) is 17.7. The third kappa shape index (κ3) is 5.49. The van der Waals surface area contributed by atoms with Gasteiger partial charge in [-0.1, -0.05) is 12.1 Å². The molecule has 34 heavy (non-hydrogen) atoms. The topological polar surface area (TPSA) is 95.3 Å². The Morgan fingerprint density at radius 2 is 1.65 bits per heavy atom. The maximum Gasteiger partial charge on any atom is 0.573 e. The molecule has 0 saturated heterocycles. The number of benzene rings is 2. The number of fused-ring (bicyclic) bond motifs is 1. The lowest BCUT2D eigenvalue weighted by Crippen LogP contribution is -2.17. The van der Waals surface area contributed by atoms with E-state index < -0.39 is 6.36 Å². The molecule has 0 aliphatic heterocycles. The smallest absolute Gasteiger partial charge is 0.438 e. The summed E-state index contributed by atoms with van der Waals surface area (Å²) in [6.07, 6.45) is -1.91. The van der Waals surface area contributed by atoms with Crippen LogP contribution in [0, 0.1) is 0 Å². The van der Waals surface area contributed by atoms with Crippen molar-refractivity contribution in [2.75, 3.05) is 5.32 Å². The van der Waals surface area contributed by atoms with Crippen molar-refractivity contribution in [2.24, 2.45) is 0 Å². The number of carbonyl (C=O) groups excluding carboxylic acids is 2. The summed E-state index contributed by atoms with van der Waals surface area (Å²) in [6, 6.07) is 13.3. The Morgan fingerprint density at radius 3 is 2.29 bits per heavy atom. The molecule has 1 N–H and O–H groups in total. The first-order valence-electron chi connectivity index (χ1n) is 9.93. The summed E-state index contributed by atoms with van der Waals surface area (Å²) in [4.78, 5) is 32.2. The first-order valence-corrected chi connectivity index (χ1v) is 9.93. The number of amides is 1. The molecule has 0 bridgehead atoms. The number of alkyl halides is 3. The fraction of sp³-hybridized carbons (Fsp3) is 0.130. The molecule has 4 rings (SSSR count). The van der Waals surface area contributed by atoms with E-state index in [0.29, 0.717) is 28.0 Å². The third-order valence-corrected chi connectivity index (χ3v) is 4.66. The van der Waals surface area contributed by atoms with Crippen molar-refractivity contribution < 1.29 is 32.2 Å². The number of nitrogens with one attached hydrogen (secondary N) is 1. The van der Waals surface area contributed by atoms with E-state index in [4.69, 9.17) is 4.74 Å². The van der Waals surface area contributed by atoms with Crippen LogP contribution in [0.4, 0.5) is 18.9 Å². The molecule has 2 aromatic carbocycles. The largest absolute Gasteiger partial charge is 0.573 e. The Morgan fingerprint density at radius 1 is 0.971 bits per heavy atom. The highest BCUT2D eigenvalue weighted by atomic mass is 19.4. The molecule has 0 aliphatic rings. The van der Waals surface area contributed by atoms with Crippen LogP contribution in [-0.4, -0.2) is 32.7 Å². The lowest BCUT2D eigenvalue weighted by Gasteiger charge is -2.10. The SMILES string of the molecule is CC(=O)n1ccc2c(Oc3ccc(NC(=O)Cc4ccc(OC(F)(F)F)cc4)cc3)ncnc21. The molecule has 0 unspecified atom stereocenters. The van der Waals surface area contributed by atoms with E-state index in [2.05, 4.69) is 20.0 Å². The number of hydrogen-bond acceptors (Lipinski definition) is 6. The van der Waals surface area contributed by atoms with Crippen LogP contribution in [0.15, 0.2) is 67.1 Å². The Kier molecular flexibility index (Phi) is 6.17. The molecule has 2 heterocycles. The maximum absolute atomic E-state index is 12.3. The summed E-state index contributed by atoms with van der Waals surface area (Å²) in [7, 11) is 0. The molecule has 11 heteroatoms. The van der Waals surface area contributed by atoms with Gasteiger partial charge >= 0.3 is 6.36 Å². The third-order valence-electron chi connectivity index (χ3n) is 4.66. The number of anilines is 1. The molecule has 8 nitrogen and oxygen atoms in total. The first-order chi connectivity index (χ1) is 16.2. The lowest BCUT2D eigenvalue weighted by molar-refractivity contribution is -0.274. The summed E-state index contributed by atoms with van der Waals surface area (Å²) in [5, 5.41) is 3.28. The van der Waals surface area contributed by atoms with E-state index >= 15 is 0 Å². The zero-order chi connectivity index (χ0) is 24.3. The van der Waals surface area contributed by atoms with Crippen molar-refractivity contribution in [3.8, 4) is 17.4 Å². The Labute approximate surface area is 191 Å². The van der Waals surface area contributed by atoms with E-state index in [1.807, 2.05) is 0 Å². The summed E-state index contributed by atoms with van der Waals surface area (Å²) in [6.45, 7) is 1.42. The highest BCUT2D eigenvalue weighted by Gasteiger charge is 2.31. The number of nitrogens with zero attached hydrogens (tertiary/aromatic N) is 3. The van der Waals surface area contributed by atoms with Crippen LogP contribution in [0.1, 0.15) is 17.3 Å². The summed E-state index contributed by atoms with van der Waals surface area (Å²) in [5.74, 6) is -0.161. The van der Waals surface area contributed by atoms with Crippen molar-refractivity contribution in [1.82, 2.24) is 14.5 Å². The fourth-order valence-electron chi connectivity index (χ4n) is 3.18. The average molecular weight is 470 g/mol. The molecule has 0 atom stereocenters. The van der Waals surface area contributed by atoms with Crippen molar-refractivity contribution in [1.29, 1.82) is 0 Å². The Balaban J connectivity index is 1.37. The molecule has 0 spiro atoms. The standard InChI is InChI=1S/C23H17F3N4O4/c1-14(31)30-11-10-19-21(30)27-13-28-22(19)33-17-8-4-16(5-9-17)29-20(32)12-15-2-6-18(7-3-15)34-23(24,25)26/h2-11,13H,12H2,1H3,(H,29,32). The monoisotopic (exact) mass is 470 g/mol. The van der Waals surface area contributed by atoms with Gasteiger partial charge in [0.2, 0.25) is 17.7 Å². The van der Waals surface area contributed by atoms with Crippen molar-refractivity contribution in [3.63, 3.8) is 0 Å². The van der Waals surface area contributed by atoms with E-state index in [1.165, 1.54) is 30.0 Å². The average Bonchev–Trinajstić information content (AvgIpc) is 3.21. The molecule has 0 fully saturated rings. The molecular weight excluding hydrogens is 453 g/mol. The number of hydrogen-bond donors (Lipinski definition) is 1. The minimum Gasteiger partial charge on any atom is -0.438 e. The zero-order valence-electron chi connectivity index (χ0n) is 17.7. The number of rotatable bonds is 6. The van der Waals surface area contributed by atoms with Gasteiger partial charge in [-0.05, 0) is 48.0 Å². The van der Waals surface area contributed by atoms with Gasteiger partial charge in [0.1, 0.15) is 17.8 Å². The molecule has 4 aromatic rings. The van der Waals surface area contributed by atoms with Gasteiger partial charge in [-0.25, -0.2) is 9.97 Å². The second kappa shape index (κ2) is 9.22. The Bertz CT molecular complexity index is 1330. The normalized spacial score (nSPS) is 11.3. The number of carbonyl (C=O) groups is 2. The van der Waals surface area contributed by atoms with E-state index in [0.717, 1.165) is 12.1 Å². The highest BCUT2D eigenvalue weighted by molar-refractivity contribution is 5.92. The molecule has 2 aromatic heterocycles. The van der Waals surface area contributed by atoms with Gasteiger partial charge in [-0.15, -0.1) is 13.2 Å². The van der Waals surface area contributed by atoms with Gasteiger partial charge < -0.3 is 14.8 Å². The fourth-order valence-corrected chi connectivity index (χ4v) is 3.18. The van der Waals surface area contributed by atoms with Gasteiger partial charge in [0, 0.05) is 18.8 Å². The van der Waals surface area contributed by atoms with Crippen LogP contribution in [0.25, 0.3) is 11.0 Å². The van der Waals surface area contributed by atoms with Gasteiger partial charge in [0.05, 0.1) is 11.8 Å². The van der Waals surface area contributed by atoms with Gasteiger partial charge in [0.15, 0.2) is 5.65 Å². The van der Waals surface area contributed by atoms with Crippen LogP contribution in [0.5, 0.6) is 17.4 Å². The van der Waals surface area contributed by atoms with Crippen LogP contribution >= 0.6 is 0 Å². The summed E-state index contributed by atoms with van der Waals surface area (Å²) >= 11 is 0. The van der Waals surface area contributed by atoms with Crippen molar-refractivity contribution in [3.05, 3.63) is 72.7 Å². The Hall–Kier alpha value is -4.41. The second-order valence-corrected chi connectivity index (χ2v) is 7.16. The van der Waals surface area contributed by atoms with Crippen molar-refractivity contribution >= 4 is 28.5 Å². The van der Waals surface area contributed by atoms with Gasteiger partial charge in [0.25, 0.3) is 0 Å². The van der Waals surface area contributed by atoms with Gasteiger partial charge in [-0.3, -0.25) is 14.2 Å². The van der Waals surface area contributed by atoms with Crippen LogP contribution in [0.3, 0.4) is 0 Å². The highest BCUT2D eigenvalue weighted by Crippen LogP contribution is 2.28. The molecule has 0 saturated carbocycles. The minimum atomic E-state index is -4.77. The van der Waals surface area contributed by atoms with E-state index in [-0.39, 0.29) is 29.9 Å². The molecule has 0 aliphatic carbocycles. The molecule has 1 amide bonds. The summed E-state index contributed by atoms with van der Waals surface area (Å²) in [5.41, 5.74) is 1.46. The summed E-state index contributed by atoms with van der Waals surface area (Å²) < 4.78 is 47.7. The number of halogens is 3. The predicted molar refractivity (Wildman–Crippen MR) is 116 cm³/mol. The second-order valence-electron chi connectivity index (χ2n) is 7.16. The molecule has 174 valence electrons. The van der Waals surface area contributed by atoms with Crippen LogP contribution in [0.2, 0.25) is 0 Å². The molecular formula is C23H17F3N4O4. The van der Waals surface area contributed by atoms with E-state index in [9.17, 15) is 22.8 Å².